The molecule has 0 saturated carbocycles. The van der Waals surface area contributed by atoms with Crippen molar-refractivity contribution in [2.45, 2.75) is 25.4 Å². The first-order chi connectivity index (χ1) is 15.2. The molecule has 162 valence electrons. The summed E-state index contributed by atoms with van der Waals surface area (Å²) >= 11 is 6.14. The van der Waals surface area contributed by atoms with Crippen molar-refractivity contribution < 1.29 is 0 Å². The van der Waals surface area contributed by atoms with Gasteiger partial charge in [0.15, 0.2) is 5.96 Å². The van der Waals surface area contributed by atoms with Gasteiger partial charge in [0.25, 0.3) is 0 Å². The maximum atomic E-state index is 6.14. The summed E-state index contributed by atoms with van der Waals surface area (Å²) in [5, 5.41) is 7.76. The number of anilines is 1. The lowest BCUT2D eigenvalue weighted by Gasteiger charge is -2.20. The van der Waals surface area contributed by atoms with E-state index in [9.17, 15) is 0 Å². The maximum absolute atomic E-state index is 6.14. The van der Waals surface area contributed by atoms with Crippen LogP contribution in [0.3, 0.4) is 0 Å². The van der Waals surface area contributed by atoms with Gasteiger partial charge in [0.2, 0.25) is 0 Å². The highest BCUT2D eigenvalue weighted by Gasteiger charge is 2.23. The van der Waals surface area contributed by atoms with Gasteiger partial charge in [-0.25, -0.2) is 4.98 Å². The average molecular weight is 437 g/mol. The molecule has 0 amide bonds. The van der Waals surface area contributed by atoms with Crippen molar-refractivity contribution in [3.63, 3.8) is 0 Å². The zero-order chi connectivity index (χ0) is 21.5. The zero-order valence-corrected chi connectivity index (χ0v) is 18.6. The number of hydrogen-bond donors (Lipinski definition) is 2. The molecule has 1 saturated heterocycles. The maximum Gasteiger partial charge on any atom is 0.191 e. The summed E-state index contributed by atoms with van der Waals surface area (Å²) in [6.45, 7) is 3.55. The molecule has 1 aliphatic rings. The lowest BCUT2D eigenvalue weighted by molar-refractivity contribution is 0.641. The number of nitrogens with zero attached hydrogens (tertiary/aromatic N) is 4. The molecule has 4 rings (SSSR count). The lowest BCUT2D eigenvalue weighted by atomic mass is 10.2. The van der Waals surface area contributed by atoms with Crippen LogP contribution in [0.2, 0.25) is 5.02 Å². The van der Waals surface area contributed by atoms with Crippen LogP contribution < -0.4 is 15.5 Å². The summed E-state index contributed by atoms with van der Waals surface area (Å²) in [7, 11) is 1.81. The summed E-state index contributed by atoms with van der Waals surface area (Å²) in [5.74, 6) is 1.90. The predicted molar refractivity (Wildman–Crippen MR) is 128 cm³/mol. The number of imidazole rings is 1. The van der Waals surface area contributed by atoms with E-state index in [1.165, 1.54) is 11.3 Å². The van der Waals surface area contributed by atoms with Crippen LogP contribution in [0.25, 0.3) is 0 Å². The second kappa shape index (κ2) is 10.4. The first kappa shape index (κ1) is 21.2. The van der Waals surface area contributed by atoms with Crippen molar-refractivity contribution in [1.29, 1.82) is 0 Å². The standard InChI is InChI=1S/C24H29ClN6/c1-26-24(29-21-11-14-30(18-21)22-9-5-8-20(25)16-22)28-12-10-23-27-13-15-31(23)17-19-6-3-2-4-7-19/h2-9,13,15-16,21H,10-12,14,17-18H2,1H3,(H2,26,28,29). The van der Waals surface area contributed by atoms with E-state index < -0.39 is 0 Å². The van der Waals surface area contributed by atoms with Crippen LogP contribution in [0.5, 0.6) is 0 Å². The molecule has 2 N–H and O–H groups in total. The van der Waals surface area contributed by atoms with E-state index in [1.54, 1.807) is 0 Å². The number of halogens is 1. The molecule has 0 bridgehead atoms. The van der Waals surface area contributed by atoms with Crippen molar-refractivity contribution in [3.05, 3.63) is 83.4 Å². The summed E-state index contributed by atoms with van der Waals surface area (Å²) < 4.78 is 2.20. The third-order valence-electron chi connectivity index (χ3n) is 5.56. The average Bonchev–Trinajstić information content (AvgIpc) is 3.43. The second-order valence-electron chi connectivity index (χ2n) is 7.76. The Morgan fingerprint density at radius 2 is 2.06 bits per heavy atom. The predicted octanol–water partition coefficient (Wildman–Crippen LogP) is 3.57. The number of nitrogens with one attached hydrogen (secondary N) is 2. The fourth-order valence-electron chi connectivity index (χ4n) is 3.96. The molecule has 7 heteroatoms. The Bertz CT molecular complexity index is 1000. The van der Waals surface area contributed by atoms with Crippen LogP contribution in [0.4, 0.5) is 5.69 Å². The fraction of sp³-hybridized carbons (Fsp3) is 0.333. The number of benzene rings is 2. The van der Waals surface area contributed by atoms with Gasteiger partial charge in [-0.2, -0.15) is 0 Å². The Morgan fingerprint density at radius 1 is 1.19 bits per heavy atom. The Labute approximate surface area is 189 Å². The third-order valence-corrected chi connectivity index (χ3v) is 5.80. The minimum absolute atomic E-state index is 0.352. The highest BCUT2D eigenvalue weighted by molar-refractivity contribution is 6.30. The SMILES string of the molecule is CN=C(NCCc1nccn1Cc1ccccc1)NC1CCN(c2cccc(Cl)c2)C1. The molecule has 1 aliphatic heterocycles. The minimum atomic E-state index is 0.352. The molecule has 31 heavy (non-hydrogen) atoms. The number of rotatable bonds is 7. The summed E-state index contributed by atoms with van der Waals surface area (Å²) in [4.78, 5) is 11.3. The third kappa shape index (κ3) is 5.79. The number of guanidine groups is 1. The molecular formula is C24H29ClN6. The van der Waals surface area contributed by atoms with Gasteiger partial charge in [0.05, 0.1) is 0 Å². The molecule has 1 atom stereocenters. The molecule has 0 aliphatic carbocycles. The van der Waals surface area contributed by atoms with E-state index in [1.807, 2.05) is 43.7 Å². The van der Waals surface area contributed by atoms with E-state index in [0.717, 1.165) is 55.8 Å². The van der Waals surface area contributed by atoms with E-state index in [2.05, 4.69) is 60.4 Å². The van der Waals surface area contributed by atoms with Crippen molar-refractivity contribution in [1.82, 2.24) is 20.2 Å². The largest absolute Gasteiger partial charge is 0.369 e. The fourth-order valence-corrected chi connectivity index (χ4v) is 4.14. The monoisotopic (exact) mass is 436 g/mol. The van der Waals surface area contributed by atoms with Crippen LogP contribution in [-0.2, 0) is 13.0 Å². The molecule has 1 aromatic heterocycles. The molecule has 2 aromatic carbocycles. The first-order valence-corrected chi connectivity index (χ1v) is 11.1. The Balaban J connectivity index is 1.25. The van der Waals surface area contributed by atoms with E-state index in [-0.39, 0.29) is 0 Å². The van der Waals surface area contributed by atoms with Gasteiger partial charge < -0.3 is 20.1 Å². The molecule has 1 unspecified atom stereocenters. The van der Waals surface area contributed by atoms with Crippen LogP contribution >= 0.6 is 11.6 Å². The highest BCUT2D eigenvalue weighted by atomic mass is 35.5. The normalized spacial score (nSPS) is 16.5. The smallest absolute Gasteiger partial charge is 0.191 e. The van der Waals surface area contributed by atoms with E-state index in [4.69, 9.17) is 11.6 Å². The number of aromatic nitrogens is 2. The molecule has 0 radical (unpaired) electrons. The van der Waals surface area contributed by atoms with Crippen molar-refractivity contribution in [2.75, 3.05) is 31.6 Å². The quantitative estimate of drug-likeness (QED) is 0.439. The molecular weight excluding hydrogens is 408 g/mol. The Kier molecular flexibility index (Phi) is 7.10. The van der Waals surface area contributed by atoms with Crippen LogP contribution in [0.1, 0.15) is 17.8 Å². The van der Waals surface area contributed by atoms with Crippen LogP contribution in [-0.4, -0.2) is 48.2 Å². The number of aliphatic imine (C=N–C) groups is 1. The van der Waals surface area contributed by atoms with Gasteiger partial charge in [0.1, 0.15) is 5.82 Å². The summed E-state index contributed by atoms with van der Waals surface area (Å²) in [6, 6.07) is 18.9. The highest BCUT2D eigenvalue weighted by Crippen LogP contribution is 2.23. The molecule has 2 heterocycles. The van der Waals surface area contributed by atoms with Crippen LogP contribution in [0.15, 0.2) is 72.0 Å². The minimum Gasteiger partial charge on any atom is -0.369 e. The number of hydrogen-bond acceptors (Lipinski definition) is 3. The molecule has 6 nitrogen and oxygen atoms in total. The van der Waals surface area contributed by atoms with Gasteiger partial charge in [-0.05, 0) is 30.2 Å². The second-order valence-corrected chi connectivity index (χ2v) is 8.20. The van der Waals surface area contributed by atoms with Crippen LogP contribution in [0, 0.1) is 0 Å². The van der Waals surface area contributed by atoms with Gasteiger partial charge >= 0.3 is 0 Å². The van der Waals surface area contributed by atoms with Gasteiger partial charge in [-0.1, -0.05) is 48.0 Å². The molecule has 3 aromatic rings. The molecule has 1 fully saturated rings. The first-order valence-electron chi connectivity index (χ1n) is 10.7. The topological polar surface area (TPSA) is 57.5 Å². The summed E-state index contributed by atoms with van der Waals surface area (Å²) in [5.41, 5.74) is 2.45. The molecule has 0 spiro atoms. The lowest BCUT2D eigenvalue weighted by Crippen LogP contribution is -2.45. The van der Waals surface area contributed by atoms with Gasteiger partial charge in [-0.3, -0.25) is 4.99 Å². The van der Waals surface area contributed by atoms with Crippen molar-refractivity contribution in [3.8, 4) is 0 Å². The Morgan fingerprint density at radius 3 is 2.87 bits per heavy atom. The Hall–Kier alpha value is -2.99. The van der Waals surface area contributed by atoms with E-state index >= 15 is 0 Å². The van der Waals surface area contributed by atoms with Crippen molar-refractivity contribution in [2.24, 2.45) is 4.99 Å². The van der Waals surface area contributed by atoms with Gasteiger partial charge in [0, 0.05) is 68.8 Å². The zero-order valence-electron chi connectivity index (χ0n) is 17.8. The summed E-state index contributed by atoms with van der Waals surface area (Å²) in [6.07, 6.45) is 5.81. The van der Waals surface area contributed by atoms with E-state index in [0.29, 0.717) is 6.04 Å². The van der Waals surface area contributed by atoms with Crippen molar-refractivity contribution >= 4 is 23.2 Å². The van der Waals surface area contributed by atoms with Gasteiger partial charge in [-0.15, -0.1) is 0 Å².